The van der Waals surface area contributed by atoms with Gasteiger partial charge in [-0.2, -0.15) is 0 Å². The Labute approximate surface area is 94.4 Å². The van der Waals surface area contributed by atoms with Gasteiger partial charge >= 0.3 is 0 Å². The third kappa shape index (κ3) is 1.23. The number of aryl methyl sites for hydroxylation is 2. The zero-order chi connectivity index (χ0) is 13.6. The second-order valence-electron chi connectivity index (χ2n) is 3.74. The van der Waals surface area contributed by atoms with Crippen LogP contribution in [-0.4, -0.2) is 4.98 Å². The lowest BCUT2D eigenvalue weighted by Gasteiger charge is -1.94. The van der Waals surface area contributed by atoms with Gasteiger partial charge in [0.2, 0.25) is 0 Å². The molecule has 3 aromatic rings. The molecule has 1 nitrogen and oxygen atoms in total. The van der Waals surface area contributed by atoms with Crippen molar-refractivity contribution < 1.29 is 5.48 Å². The van der Waals surface area contributed by atoms with E-state index < -0.39 is 13.8 Å². The van der Waals surface area contributed by atoms with Crippen LogP contribution in [0.25, 0.3) is 21.8 Å². The summed E-state index contributed by atoms with van der Waals surface area (Å²) < 4.78 is 29.8. The molecule has 0 spiro atoms. The van der Waals surface area contributed by atoms with Crippen molar-refractivity contribution in [1.29, 1.82) is 0 Å². The van der Waals surface area contributed by atoms with E-state index in [0.29, 0.717) is 11.1 Å². The third-order valence-corrected chi connectivity index (χ3v) is 2.65. The first-order chi connectivity index (χ1) is 9.06. The Morgan fingerprint density at radius 1 is 0.867 bits per heavy atom. The second kappa shape index (κ2) is 2.86. The Balaban J connectivity index is 2.31. The van der Waals surface area contributed by atoms with Crippen molar-refractivity contribution in [1.82, 2.24) is 4.98 Å². The normalized spacial score (nSPS) is 15.6. The summed E-state index contributed by atoms with van der Waals surface area (Å²) in [7, 11) is 0. The fourth-order valence-electron chi connectivity index (χ4n) is 1.93. The van der Waals surface area contributed by atoms with Crippen LogP contribution in [-0.2, 0) is 0 Å². The first kappa shape index (κ1) is 5.36. The van der Waals surface area contributed by atoms with Gasteiger partial charge in [-0.25, -0.2) is 0 Å². The van der Waals surface area contributed by atoms with Gasteiger partial charge in [0.15, 0.2) is 0 Å². The van der Waals surface area contributed by atoms with Gasteiger partial charge in [-0.05, 0) is 38.0 Å². The minimum Gasteiger partial charge on any atom is -0.355 e. The largest absolute Gasteiger partial charge is 0.355 e. The van der Waals surface area contributed by atoms with Crippen LogP contribution in [0.15, 0.2) is 36.4 Å². The van der Waals surface area contributed by atoms with Crippen LogP contribution in [0, 0.1) is 13.8 Å². The molecule has 1 aromatic heterocycles. The molecule has 74 valence electrons. The zero-order valence-corrected chi connectivity index (χ0v) is 8.12. The predicted octanol–water partition coefficient (Wildman–Crippen LogP) is 3.94. The van der Waals surface area contributed by atoms with Crippen molar-refractivity contribution in [2.24, 2.45) is 0 Å². The average Bonchev–Trinajstić information content (AvgIpc) is 2.75. The van der Waals surface area contributed by atoms with Gasteiger partial charge in [-0.15, -0.1) is 0 Å². The van der Waals surface area contributed by atoms with E-state index in [0.717, 1.165) is 21.8 Å². The summed E-state index contributed by atoms with van der Waals surface area (Å²) in [5, 5.41) is 1.89. The number of rotatable bonds is 0. The molecule has 0 aliphatic carbocycles. The monoisotopic (exact) mass is 199 g/mol. The summed E-state index contributed by atoms with van der Waals surface area (Å²) in [6, 6.07) is 11.0. The summed E-state index contributed by atoms with van der Waals surface area (Å²) in [6.45, 7) is -2.00. The van der Waals surface area contributed by atoms with E-state index in [2.05, 4.69) is 4.98 Å². The van der Waals surface area contributed by atoms with Crippen molar-refractivity contribution in [3.8, 4) is 0 Å². The molecule has 3 rings (SSSR count). The molecule has 0 radical (unpaired) electrons. The highest BCUT2D eigenvalue weighted by Crippen LogP contribution is 2.26. The molecule has 0 aliphatic heterocycles. The Bertz CT molecular complexity index is 683. The quantitative estimate of drug-likeness (QED) is 0.564. The van der Waals surface area contributed by atoms with Gasteiger partial charge in [-0.1, -0.05) is 23.3 Å². The smallest absolute Gasteiger partial charge is 0.0465 e. The summed E-state index contributed by atoms with van der Waals surface area (Å²) >= 11 is 0. The van der Waals surface area contributed by atoms with Crippen LogP contribution in [0.5, 0.6) is 0 Å². The lowest BCUT2D eigenvalue weighted by atomic mass is 10.1. The molecule has 0 saturated carbocycles. The van der Waals surface area contributed by atoms with Crippen molar-refractivity contribution in [2.45, 2.75) is 13.8 Å². The van der Waals surface area contributed by atoms with E-state index in [1.54, 1.807) is 12.1 Å². The van der Waals surface area contributed by atoms with E-state index in [1.165, 1.54) is 0 Å². The molecule has 1 heterocycles. The first-order valence-corrected chi connectivity index (χ1v) is 4.80. The molecule has 0 atom stereocenters. The van der Waals surface area contributed by atoms with Gasteiger partial charge in [0.1, 0.15) is 0 Å². The standard InChI is InChI=1S/C14H13N/c1-9-3-5-13-11(7-9)12-8-10(2)4-6-14(12)15-13/h3-8,15H,1-2H3/i1D2,2D2. The van der Waals surface area contributed by atoms with E-state index >= 15 is 0 Å². The molecule has 0 aliphatic rings. The molecular formula is C14H13N. The number of hydrogen-bond donors (Lipinski definition) is 1. The van der Waals surface area contributed by atoms with Crippen molar-refractivity contribution in [2.75, 3.05) is 0 Å². The molecule has 0 unspecified atom stereocenters. The highest BCUT2D eigenvalue weighted by Gasteiger charge is 2.03. The Kier molecular flexibility index (Phi) is 1.02. The Morgan fingerprint density at radius 2 is 1.40 bits per heavy atom. The highest BCUT2D eigenvalue weighted by molar-refractivity contribution is 6.07. The van der Waals surface area contributed by atoms with Gasteiger partial charge in [0.05, 0.1) is 0 Å². The molecule has 2 aromatic carbocycles. The fourth-order valence-corrected chi connectivity index (χ4v) is 1.93. The fraction of sp³-hybridized carbons (Fsp3) is 0.143. The minimum atomic E-state index is -1.00. The van der Waals surface area contributed by atoms with Gasteiger partial charge < -0.3 is 4.98 Å². The van der Waals surface area contributed by atoms with Crippen LogP contribution in [0.2, 0.25) is 0 Å². The molecule has 0 amide bonds. The number of fused-ring (bicyclic) bond motifs is 3. The molecule has 15 heavy (non-hydrogen) atoms. The van der Waals surface area contributed by atoms with Crippen LogP contribution < -0.4 is 0 Å². The van der Waals surface area contributed by atoms with Crippen molar-refractivity contribution in [3.05, 3.63) is 47.5 Å². The topological polar surface area (TPSA) is 15.8 Å². The van der Waals surface area contributed by atoms with Crippen LogP contribution in [0.1, 0.15) is 16.6 Å². The molecule has 1 N–H and O–H groups in total. The van der Waals surface area contributed by atoms with E-state index in [1.807, 2.05) is 24.3 Å². The highest BCUT2D eigenvalue weighted by atomic mass is 14.7. The lowest BCUT2D eigenvalue weighted by Crippen LogP contribution is -1.72. The van der Waals surface area contributed by atoms with E-state index in [4.69, 9.17) is 5.48 Å². The molecule has 0 fully saturated rings. The van der Waals surface area contributed by atoms with Crippen molar-refractivity contribution >= 4 is 21.8 Å². The maximum atomic E-state index is 7.46. The van der Waals surface area contributed by atoms with Crippen LogP contribution in [0.4, 0.5) is 0 Å². The van der Waals surface area contributed by atoms with Crippen molar-refractivity contribution in [3.63, 3.8) is 0 Å². The molecule has 0 bridgehead atoms. The maximum absolute atomic E-state index is 7.46. The Hall–Kier alpha value is -1.76. The lowest BCUT2D eigenvalue weighted by molar-refractivity contribution is 1.48. The zero-order valence-electron chi connectivity index (χ0n) is 12.1. The number of aromatic amines is 1. The summed E-state index contributed by atoms with van der Waals surface area (Å²) in [4.78, 5) is 3.27. The molecular weight excluding hydrogens is 182 g/mol. The SMILES string of the molecule is [2H]C([2H])c1ccc2[nH]c3ccc(C([2H])[2H])cc3c2c1. The van der Waals surface area contributed by atoms with Crippen LogP contribution in [0.3, 0.4) is 0 Å². The third-order valence-electron chi connectivity index (χ3n) is 2.65. The maximum Gasteiger partial charge on any atom is 0.0465 e. The van der Waals surface area contributed by atoms with Gasteiger partial charge in [0, 0.05) is 27.3 Å². The predicted molar refractivity (Wildman–Crippen MR) is 65.3 cm³/mol. The first-order valence-electron chi connectivity index (χ1n) is 7.11. The summed E-state index contributed by atoms with van der Waals surface area (Å²) in [5.41, 5.74) is 3.19. The summed E-state index contributed by atoms with van der Waals surface area (Å²) in [6.07, 6.45) is 0. The average molecular weight is 199 g/mol. The van der Waals surface area contributed by atoms with Gasteiger partial charge in [0.25, 0.3) is 0 Å². The second-order valence-corrected chi connectivity index (χ2v) is 3.74. The van der Waals surface area contributed by atoms with E-state index in [9.17, 15) is 0 Å². The van der Waals surface area contributed by atoms with Crippen LogP contribution >= 0.6 is 0 Å². The number of H-pyrrole nitrogens is 1. The summed E-state index contributed by atoms with van der Waals surface area (Å²) in [5.74, 6) is 0. The Morgan fingerprint density at radius 3 is 1.87 bits per heavy atom. The molecule has 1 heteroatoms. The minimum absolute atomic E-state index is 0.645. The van der Waals surface area contributed by atoms with Gasteiger partial charge in [-0.3, -0.25) is 0 Å². The molecule has 0 saturated heterocycles. The number of nitrogens with one attached hydrogen (secondary N) is 1. The number of benzene rings is 2. The number of hydrogen-bond acceptors (Lipinski definition) is 0. The number of aromatic nitrogens is 1. The van der Waals surface area contributed by atoms with E-state index in [-0.39, 0.29) is 0 Å².